The minimum absolute atomic E-state index is 0.0723. The Hall–Kier alpha value is -2.37. The van der Waals surface area contributed by atoms with Gasteiger partial charge in [-0.2, -0.15) is 0 Å². The van der Waals surface area contributed by atoms with Gasteiger partial charge in [-0.25, -0.2) is 4.98 Å². The monoisotopic (exact) mass is 303 g/mol. The summed E-state index contributed by atoms with van der Waals surface area (Å²) >= 11 is 0. The van der Waals surface area contributed by atoms with Gasteiger partial charge in [0.25, 0.3) is 0 Å². The fourth-order valence-corrected chi connectivity index (χ4v) is 2.00. The molecule has 0 aliphatic heterocycles. The van der Waals surface area contributed by atoms with Crippen molar-refractivity contribution >= 4 is 5.91 Å². The highest BCUT2D eigenvalue weighted by atomic mass is 16.5. The summed E-state index contributed by atoms with van der Waals surface area (Å²) in [6, 6.07) is 3.69. The zero-order valence-corrected chi connectivity index (χ0v) is 13.3. The van der Waals surface area contributed by atoms with Crippen LogP contribution >= 0.6 is 0 Å². The first kappa shape index (κ1) is 16.0. The average Bonchev–Trinajstić information content (AvgIpc) is 2.78. The molecule has 22 heavy (non-hydrogen) atoms. The van der Waals surface area contributed by atoms with E-state index in [-0.39, 0.29) is 18.4 Å². The number of aromatic nitrogens is 2. The van der Waals surface area contributed by atoms with Crippen molar-refractivity contribution in [1.82, 2.24) is 15.5 Å². The van der Waals surface area contributed by atoms with Gasteiger partial charge >= 0.3 is 0 Å². The van der Waals surface area contributed by atoms with Crippen LogP contribution in [0.3, 0.4) is 0 Å². The van der Waals surface area contributed by atoms with Gasteiger partial charge in [0, 0.05) is 24.4 Å². The Kier molecular flexibility index (Phi) is 5.14. The van der Waals surface area contributed by atoms with Crippen LogP contribution in [0.4, 0.5) is 0 Å². The van der Waals surface area contributed by atoms with Crippen molar-refractivity contribution in [1.29, 1.82) is 0 Å². The molecule has 2 aromatic rings. The molecule has 0 bridgehead atoms. The number of hydrogen-bond acceptors (Lipinski definition) is 5. The van der Waals surface area contributed by atoms with E-state index in [1.165, 1.54) is 0 Å². The van der Waals surface area contributed by atoms with E-state index in [9.17, 15) is 4.79 Å². The second kappa shape index (κ2) is 7.06. The molecule has 0 spiro atoms. The molecule has 6 nitrogen and oxygen atoms in total. The van der Waals surface area contributed by atoms with Crippen LogP contribution in [0.1, 0.15) is 36.4 Å². The first-order chi connectivity index (χ1) is 10.5. The summed E-state index contributed by atoms with van der Waals surface area (Å²) in [5.74, 6) is 1.20. The molecule has 0 aromatic carbocycles. The summed E-state index contributed by atoms with van der Waals surface area (Å²) in [7, 11) is 0. The van der Waals surface area contributed by atoms with E-state index in [4.69, 9.17) is 9.26 Å². The molecule has 2 rings (SSSR count). The number of aryl methyl sites for hydroxylation is 2. The smallest absolute Gasteiger partial charge is 0.224 e. The molecular formula is C16H21N3O3. The van der Waals surface area contributed by atoms with E-state index in [0.29, 0.717) is 18.2 Å². The minimum atomic E-state index is -0.0723. The van der Waals surface area contributed by atoms with Crippen LogP contribution in [0.5, 0.6) is 5.88 Å². The van der Waals surface area contributed by atoms with Gasteiger partial charge in [-0.15, -0.1) is 0 Å². The summed E-state index contributed by atoms with van der Waals surface area (Å²) in [6.07, 6.45) is 2.06. The van der Waals surface area contributed by atoms with Gasteiger partial charge in [0.05, 0.1) is 18.2 Å². The van der Waals surface area contributed by atoms with Gasteiger partial charge in [0.2, 0.25) is 11.8 Å². The van der Waals surface area contributed by atoms with Crippen LogP contribution in [-0.2, 0) is 17.8 Å². The Bertz CT molecular complexity index is 613. The van der Waals surface area contributed by atoms with Crippen molar-refractivity contribution in [3.05, 3.63) is 40.9 Å². The predicted molar refractivity (Wildman–Crippen MR) is 81.5 cm³/mol. The molecule has 0 aliphatic carbocycles. The largest absolute Gasteiger partial charge is 0.475 e. The highest BCUT2D eigenvalue weighted by Crippen LogP contribution is 2.13. The van der Waals surface area contributed by atoms with Gasteiger partial charge < -0.3 is 14.6 Å². The minimum Gasteiger partial charge on any atom is -0.475 e. The van der Waals surface area contributed by atoms with Crippen LogP contribution in [0, 0.1) is 13.8 Å². The SMILES string of the molecule is Cc1noc(C)c1CC(=O)NCc1ccc(OC(C)C)nc1. The molecule has 0 unspecified atom stereocenters. The van der Waals surface area contributed by atoms with Crippen molar-refractivity contribution in [2.75, 3.05) is 0 Å². The molecular weight excluding hydrogens is 282 g/mol. The number of rotatable bonds is 6. The molecule has 0 radical (unpaired) electrons. The summed E-state index contributed by atoms with van der Waals surface area (Å²) in [5.41, 5.74) is 2.52. The van der Waals surface area contributed by atoms with Crippen LogP contribution < -0.4 is 10.1 Å². The summed E-state index contributed by atoms with van der Waals surface area (Å²) < 4.78 is 10.5. The standard InChI is InChI=1S/C16H21N3O3/c1-10(2)21-16-6-5-13(9-18-16)8-17-15(20)7-14-11(3)19-22-12(14)4/h5-6,9-10H,7-8H2,1-4H3,(H,17,20). The van der Waals surface area contributed by atoms with Crippen molar-refractivity contribution < 1.29 is 14.1 Å². The fourth-order valence-electron chi connectivity index (χ4n) is 2.00. The molecule has 0 saturated carbocycles. The Morgan fingerprint density at radius 3 is 2.68 bits per heavy atom. The number of amides is 1. The lowest BCUT2D eigenvalue weighted by Gasteiger charge is -2.09. The predicted octanol–water partition coefficient (Wildman–Crippen LogP) is 2.33. The third kappa shape index (κ3) is 4.31. The van der Waals surface area contributed by atoms with E-state index in [1.54, 1.807) is 19.2 Å². The molecule has 0 atom stereocenters. The Labute approximate surface area is 129 Å². The highest BCUT2D eigenvalue weighted by molar-refractivity contribution is 5.78. The molecule has 1 amide bonds. The Balaban J connectivity index is 1.86. The molecule has 118 valence electrons. The molecule has 0 fully saturated rings. The number of nitrogens with zero attached hydrogens (tertiary/aromatic N) is 2. The lowest BCUT2D eigenvalue weighted by Crippen LogP contribution is -2.25. The molecule has 2 aromatic heterocycles. The van der Waals surface area contributed by atoms with Gasteiger partial charge in [0.1, 0.15) is 5.76 Å². The molecule has 2 heterocycles. The normalized spacial score (nSPS) is 10.8. The van der Waals surface area contributed by atoms with E-state index in [2.05, 4.69) is 15.5 Å². The highest BCUT2D eigenvalue weighted by Gasteiger charge is 2.13. The number of ether oxygens (including phenoxy) is 1. The quantitative estimate of drug-likeness (QED) is 0.886. The van der Waals surface area contributed by atoms with Crippen LogP contribution in [-0.4, -0.2) is 22.2 Å². The summed E-state index contributed by atoms with van der Waals surface area (Å²) in [5, 5.41) is 6.70. The maximum absolute atomic E-state index is 12.0. The number of carbonyl (C=O) groups excluding carboxylic acids is 1. The number of hydrogen-bond donors (Lipinski definition) is 1. The van der Waals surface area contributed by atoms with Crippen molar-refractivity contribution in [2.24, 2.45) is 0 Å². The topological polar surface area (TPSA) is 77.2 Å². The van der Waals surface area contributed by atoms with Crippen molar-refractivity contribution in [2.45, 2.75) is 46.8 Å². The van der Waals surface area contributed by atoms with Crippen LogP contribution in [0.15, 0.2) is 22.9 Å². The summed E-state index contributed by atoms with van der Waals surface area (Å²) in [6.45, 7) is 7.96. The van der Waals surface area contributed by atoms with Crippen LogP contribution in [0.2, 0.25) is 0 Å². The zero-order valence-electron chi connectivity index (χ0n) is 13.3. The van der Waals surface area contributed by atoms with Crippen molar-refractivity contribution in [3.8, 4) is 5.88 Å². The van der Waals surface area contributed by atoms with E-state index >= 15 is 0 Å². The number of nitrogens with one attached hydrogen (secondary N) is 1. The second-order valence-electron chi connectivity index (χ2n) is 5.43. The molecule has 6 heteroatoms. The second-order valence-corrected chi connectivity index (χ2v) is 5.43. The molecule has 1 N–H and O–H groups in total. The number of pyridine rings is 1. The summed E-state index contributed by atoms with van der Waals surface area (Å²) in [4.78, 5) is 16.2. The maximum atomic E-state index is 12.0. The van der Waals surface area contributed by atoms with Gasteiger partial charge in [0.15, 0.2) is 0 Å². The van der Waals surface area contributed by atoms with E-state index in [1.807, 2.05) is 26.8 Å². The maximum Gasteiger partial charge on any atom is 0.224 e. The third-order valence-corrected chi connectivity index (χ3v) is 3.16. The molecule has 0 aliphatic rings. The fraction of sp³-hybridized carbons (Fsp3) is 0.438. The Morgan fingerprint density at radius 1 is 1.36 bits per heavy atom. The van der Waals surface area contributed by atoms with E-state index < -0.39 is 0 Å². The van der Waals surface area contributed by atoms with Crippen LogP contribution in [0.25, 0.3) is 0 Å². The third-order valence-electron chi connectivity index (χ3n) is 3.16. The average molecular weight is 303 g/mol. The van der Waals surface area contributed by atoms with E-state index in [0.717, 1.165) is 16.8 Å². The lowest BCUT2D eigenvalue weighted by molar-refractivity contribution is -0.120. The van der Waals surface area contributed by atoms with Gasteiger partial charge in [-0.3, -0.25) is 4.79 Å². The lowest BCUT2D eigenvalue weighted by atomic mass is 10.1. The zero-order chi connectivity index (χ0) is 16.1. The number of carbonyl (C=O) groups is 1. The van der Waals surface area contributed by atoms with Crippen molar-refractivity contribution in [3.63, 3.8) is 0 Å². The van der Waals surface area contributed by atoms with Gasteiger partial charge in [-0.1, -0.05) is 11.2 Å². The Morgan fingerprint density at radius 2 is 2.14 bits per heavy atom. The first-order valence-corrected chi connectivity index (χ1v) is 7.25. The van der Waals surface area contributed by atoms with Gasteiger partial charge in [-0.05, 0) is 33.3 Å². The molecule has 0 saturated heterocycles. The first-order valence-electron chi connectivity index (χ1n) is 7.25.